The maximum absolute atomic E-state index is 11.6. The molecule has 0 atom stereocenters. The quantitative estimate of drug-likeness (QED) is 0.683. The Morgan fingerprint density at radius 2 is 2.05 bits per heavy atom. The first-order valence-electron chi connectivity index (χ1n) is 5.48. The minimum atomic E-state index is -0.149. The number of amides is 1. The van der Waals surface area contributed by atoms with Crippen LogP contribution in [0, 0.1) is 0 Å². The molecule has 1 fully saturated rings. The molecule has 0 bridgehead atoms. The Balaban J connectivity index is 1.89. The molecule has 6 heteroatoms. The third kappa shape index (κ3) is 2.75. The van der Waals surface area contributed by atoms with Crippen molar-refractivity contribution < 1.29 is 4.79 Å². The summed E-state index contributed by atoms with van der Waals surface area (Å²) in [5.41, 5.74) is 1.86. The molecule has 0 unspecified atom stereocenters. The Hall–Kier alpha value is -1.50. The zero-order valence-electron chi connectivity index (χ0n) is 9.62. The number of hydrogen-bond acceptors (Lipinski definition) is 5. The summed E-state index contributed by atoms with van der Waals surface area (Å²) in [7, 11) is 0. The van der Waals surface area contributed by atoms with Crippen LogP contribution in [0.2, 0.25) is 0 Å². The minimum absolute atomic E-state index is 0.149. The van der Waals surface area contributed by atoms with Crippen LogP contribution in [0.4, 0.5) is 0 Å². The predicted molar refractivity (Wildman–Crippen MR) is 83.9 cm³/mol. The lowest BCUT2D eigenvalue weighted by Gasteiger charge is -1.93. The molecule has 1 aliphatic heterocycles. The average Bonchev–Trinajstić information content (AvgIpc) is 2.99. The van der Waals surface area contributed by atoms with Gasteiger partial charge < -0.3 is 5.32 Å². The number of nitrogens with zero attached hydrogens (tertiary/aromatic N) is 1. The lowest BCUT2D eigenvalue weighted by atomic mass is 10.2. The zero-order valence-corrected chi connectivity index (χ0v) is 12.1. The fraction of sp³-hybridized carbons (Fsp3) is 0. The van der Waals surface area contributed by atoms with Crippen molar-refractivity contribution in [1.29, 1.82) is 0 Å². The van der Waals surface area contributed by atoms with Gasteiger partial charge in [-0.15, -0.1) is 11.3 Å². The summed E-state index contributed by atoms with van der Waals surface area (Å²) in [6, 6.07) is 9.96. The molecule has 0 saturated carbocycles. The molecular formula is C13H8N2OS3. The van der Waals surface area contributed by atoms with Crippen LogP contribution in [0.15, 0.2) is 40.6 Å². The minimum Gasteiger partial charge on any atom is -0.307 e. The molecule has 0 aliphatic carbocycles. The number of carbonyl (C=O) groups excluding carboxylic acids is 1. The highest BCUT2D eigenvalue weighted by Crippen LogP contribution is 2.28. The molecule has 1 aromatic carbocycles. The first-order valence-corrected chi connectivity index (χ1v) is 7.58. The van der Waals surface area contributed by atoms with E-state index in [1.807, 2.05) is 35.7 Å². The second kappa shape index (κ2) is 5.24. The van der Waals surface area contributed by atoms with Crippen molar-refractivity contribution >= 4 is 51.6 Å². The van der Waals surface area contributed by atoms with Gasteiger partial charge in [-0.1, -0.05) is 54.3 Å². The molecule has 3 nitrogen and oxygen atoms in total. The molecule has 0 radical (unpaired) electrons. The van der Waals surface area contributed by atoms with E-state index in [0.29, 0.717) is 9.23 Å². The van der Waals surface area contributed by atoms with Crippen LogP contribution in [-0.4, -0.2) is 15.2 Å². The number of hydrogen-bond donors (Lipinski definition) is 1. The Bertz CT molecular complexity index is 676. The third-order valence-electron chi connectivity index (χ3n) is 2.46. The number of thioether (sulfide) groups is 1. The molecule has 1 amide bonds. The van der Waals surface area contributed by atoms with Crippen molar-refractivity contribution in [3.8, 4) is 10.6 Å². The summed E-state index contributed by atoms with van der Waals surface area (Å²) >= 11 is 7.77. The van der Waals surface area contributed by atoms with Crippen molar-refractivity contribution in [3.05, 3.63) is 46.3 Å². The Morgan fingerprint density at radius 3 is 2.74 bits per heavy atom. The van der Waals surface area contributed by atoms with Gasteiger partial charge in [-0.3, -0.25) is 4.79 Å². The van der Waals surface area contributed by atoms with Gasteiger partial charge in [0.25, 0.3) is 5.91 Å². The van der Waals surface area contributed by atoms with E-state index in [0.717, 1.165) is 16.3 Å². The highest BCUT2D eigenvalue weighted by molar-refractivity contribution is 8.26. The monoisotopic (exact) mass is 304 g/mol. The number of thiazole rings is 1. The molecule has 2 heterocycles. The molecule has 1 saturated heterocycles. The zero-order chi connectivity index (χ0) is 13.2. The van der Waals surface area contributed by atoms with Gasteiger partial charge in [0.2, 0.25) is 0 Å². The standard InChI is InChI=1S/C13H8N2OS3/c16-11-10(19-13(17)15-11)6-9-7-18-12(14-9)8-4-2-1-3-5-8/h1-7H,(H,15,16,17). The summed E-state index contributed by atoms with van der Waals surface area (Å²) in [4.78, 5) is 16.7. The summed E-state index contributed by atoms with van der Waals surface area (Å²) in [6.07, 6.45) is 1.77. The SMILES string of the molecule is O=C1NC(=S)SC1=Cc1csc(-c2ccccc2)n1. The number of carbonyl (C=O) groups is 1. The van der Waals surface area contributed by atoms with Crippen molar-refractivity contribution in [3.63, 3.8) is 0 Å². The van der Waals surface area contributed by atoms with E-state index in [2.05, 4.69) is 10.3 Å². The van der Waals surface area contributed by atoms with Crippen LogP contribution in [0.1, 0.15) is 5.69 Å². The summed E-state index contributed by atoms with van der Waals surface area (Å²) in [5, 5.41) is 5.47. The van der Waals surface area contributed by atoms with Crippen molar-refractivity contribution in [2.24, 2.45) is 0 Å². The Morgan fingerprint density at radius 1 is 1.26 bits per heavy atom. The van der Waals surface area contributed by atoms with Gasteiger partial charge in [0.15, 0.2) is 0 Å². The van der Waals surface area contributed by atoms with Crippen molar-refractivity contribution in [1.82, 2.24) is 10.3 Å². The maximum atomic E-state index is 11.6. The Kier molecular flexibility index (Phi) is 3.46. The van der Waals surface area contributed by atoms with Gasteiger partial charge in [0.1, 0.15) is 9.33 Å². The summed E-state index contributed by atoms with van der Waals surface area (Å²) in [5.74, 6) is -0.149. The first kappa shape index (κ1) is 12.5. The maximum Gasteiger partial charge on any atom is 0.263 e. The largest absolute Gasteiger partial charge is 0.307 e. The summed E-state index contributed by atoms with van der Waals surface area (Å²) < 4.78 is 0.495. The topological polar surface area (TPSA) is 42.0 Å². The van der Waals surface area contributed by atoms with Crippen LogP contribution in [0.5, 0.6) is 0 Å². The number of nitrogens with one attached hydrogen (secondary N) is 1. The first-order chi connectivity index (χ1) is 9.22. The smallest absolute Gasteiger partial charge is 0.263 e. The summed E-state index contributed by atoms with van der Waals surface area (Å²) in [6.45, 7) is 0. The van der Waals surface area contributed by atoms with Crippen LogP contribution in [0.25, 0.3) is 16.6 Å². The van der Waals surface area contributed by atoms with Crippen LogP contribution in [0.3, 0.4) is 0 Å². The molecule has 1 N–H and O–H groups in total. The molecule has 2 aromatic rings. The highest BCUT2D eigenvalue weighted by atomic mass is 32.2. The third-order valence-corrected chi connectivity index (χ3v) is 4.54. The van der Waals surface area contributed by atoms with Gasteiger partial charge in [-0.2, -0.15) is 0 Å². The van der Waals surface area contributed by atoms with Crippen LogP contribution >= 0.6 is 35.3 Å². The molecule has 94 valence electrons. The van der Waals surface area contributed by atoms with Gasteiger partial charge in [-0.25, -0.2) is 4.98 Å². The van der Waals surface area contributed by atoms with E-state index in [1.165, 1.54) is 11.8 Å². The van der Waals surface area contributed by atoms with Gasteiger partial charge >= 0.3 is 0 Å². The normalized spacial score (nSPS) is 16.9. The van der Waals surface area contributed by atoms with Crippen molar-refractivity contribution in [2.75, 3.05) is 0 Å². The van der Waals surface area contributed by atoms with E-state index in [4.69, 9.17) is 12.2 Å². The van der Waals surface area contributed by atoms with Gasteiger partial charge in [-0.05, 0) is 6.08 Å². The van der Waals surface area contributed by atoms with E-state index in [-0.39, 0.29) is 5.91 Å². The van der Waals surface area contributed by atoms with E-state index >= 15 is 0 Å². The highest BCUT2D eigenvalue weighted by Gasteiger charge is 2.22. The number of aromatic nitrogens is 1. The molecule has 19 heavy (non-hydrogen) atoms. The van der Waals surface area contributed by atoms with E-state index in [1.54, 1.807) is 17.4 Å². The number of benzene rings is 1. The molecule has 1 aliphatic rings. The van der Waals surface area contributed by atoms with Crippen LogP contribution < -0.4 is 5.32 Å². The number of thiocarbonyl (C=S) groups is 1. The second-order valence-electron chi connectivity index (χ2n) is 3.80. The van der Waals surface area contributed by atoms with Gasteiger partial charge in [0, 0.05) is 10.9 Å². The second-order valence-corrected chi connectivity index (χ2v) is 6.37. The molecule has 3 rings (SSSR count). The van der Waals surface area contributed by atoms with Crippen LogP contribution in [-0.2, 0) is 4.79 Å². The van der Waals surface area contributed by atoms with E-state index in [9.17, 15) is 4.79 Å². The molecule has 0 spiro atoms. The fourth-order valence-electron chi connectivity index (χ4n) is 1.62. The fourth-order valence-corrected chi connectivity index (χ4v) is 3.43. The Labute approximate surface area is 123 Å². The molecular weight excluding hydrogens is 296 g/mol. The number of rotatable bonds is 2. The average molecular weight is 304 g/mol. The lowest BCUT2D eigenvalue weighted by molar-refractivity contribution is -0.115. The van der Waals surface area contributed by atoms with Gasteiger partial charge in [0.05, 0.1) is 10.6 Å². The van der Waals surface area contributed by atoms with E-state index < -0.39 is 0 Å². The predicted octanol–water partition coefficient (Wildman–Crippen LogP) is 3.30. The molecule has 1 aromatic heterocycles. The lowest BCUT2D eigenvalue weighted by Crippen LogP contribution is -2.17. The van der Waals surface area contributed by atoms with Crippen molar-refractivity contribution in [2.45, 2.75) is 0 Å².